The van der Waals surface area contributed by atoms with Gasteiger partial charge in [-0.25, -0.2) is 4.98 Å². The van der Waals surface area contributed by atoms with E-state index < -0.39 is 5.91 Å². The third-order valence-electron chi connectivity index (χ3n) is 5.05. The van der Waals surface area contributed by atoms with Gasteiger partial charge in [0.1, 0.15) is 11.3 Å². The SMILES string of the molecule is Cc1cc(C)c(Cc2ccc(C(=O)Nc3nc4ccc(C)cc4[n+]([O-])n3)o2)c(C)c1. The van der Waals surface area contributed by atoms with Crippen molar-refractivity contribution in [2.75, 3.05) is 5.32 Å². The van der Waals surface area contributed by atoms with Crippen LogP contribution in [0.2, 0.25) is 0 Å². The quantitative estimate of drug-likeness (QED) is 0.412. The predicted molar refractivity (Wildman–Crippen MR) is 113 cm³/mol. The van der Waals surface area contributed by atoms with Gasteiger partial charge in [0, 0.05) is 12.5 Å². The molecular weight excluding hydrogens is 380 g/mol. The molecule has 1 amide bonds. The number of furan rings is 1. The zero-order valence-corrected chi connectivity index (χ0v) is 17.3. The van der Waals surface area contributed by atoms with Gasteiger partial charge in [-0.1, -0.05) is 23.8 Å². The number of anilines is 1. The summed E-state index contributed by atoms with van der Waals surface area (Å²) in [5.74, 6) is 0.237. The predicted octanol–water partition coefficient (Wildman–Crippen LogP) is 3.93. The van der Waals surface area contributed by atoms with Crippen molar-refractivity contribution in [2.24, 2.45) is 0 Å². The minimum absolute atomic E-state index is 0.0745. The van der Waals surface area contributed by atoms with Crippen molar-refractivity contribution in [2.45, 2.75) is 34.1 Å². The summed E-state index contributed by atoms with van der Waals surface area (Å²) in [5.41, 5.74) is 6.50. The molecule has 0 aliphatic heterocycles. The Bertz CT molecular complexity index is 1250. The molecule has 7 nitrogen and oxygen atoms in total. The van der Waals surface area contributed by atoms with Crippen LogP contribution in [-0.2, 0) is 6.42 Å². The smallest absolute Gasteiger partial charge is 0.297 e. The summed E-state index contributed by atoms with van der Waals surface area (Å²) in [6.45, 7) is 8.09. The van der Waals surface area contributed by atoms with Crippen molar-refractivity contribution in [3.63, 3.8) is 0 Å². The number of carbonyl (C=O) groups excluding carboxylic acids is 1. The maximum atomic E-state index is 12.6. The van der Waals surface area contributed by atoms with Crippen LogP contribution in [0.25, 0.3) is 11.0 Å². The number of hydrogen-bond acceptors (Lipinski definition) is 5. The summed E-state index contributed by atoms with van der Waals surface area (Å²) < 4.78 is 5.74. The number of amides is 1. The number of nitrogens with one attached hydrogen (secondary N) is 1. The molecule has 0 aliphatic rings. The van der Waals surface area contributed by atoms with Crippen molar-refractivity contribution < 1.29 is 14.1 Å². The molecule has 0 bridgehead atoms. The number of fused-ring (bicyclic) bond motifs is 1. The van der Waals surface area contributed by atoms with Gasteiger partial charge in [-0.2, -0.15) is 0 Å². The average Bonchev–Trinajstić information content (AvgIpc) is 3.14. The summed E-state index contributed by atoms with van der Waals surface area (Å²) in [6, 6.07) is 12.9. The van der Waals surface area contributed by atoms with Crippen molar-refractivity contribution in [1.29, 1.82) is 0 Å². The third-order valence-corrected chi connectivity index (χ3v) is 5.05. The van der Waals surface area contributed by atoms with E-state index >= 15 is 0 Å². The standard InChI is InChI=1S/C23H22N4O3/c1-13-5-7-19-20(11-13)27(29)26-23(24-19)25-22(28)21-8-6-17(30-21)12-18-15(3)9-14(2)10-16(18)4/h5-11H,12H2,1-4H3,(H,24,25,26,28). The van der Waals surface area contributed by atoms with Crippen LogP contribution in [0.5, 0.6) is 0 Å². The first-order valence-electron chi connectivity index (χ1n) is 9.65. The molecule has 4 rings (SSSR count). The first kappa shape index (κ1) is 19.6. The van der Waals surface area contributed by atoms with Crippen LogP contribution in [0.4, 0.5) is 5.95 Å². The molecule has 0 saturated heterocycles. The van der Waals surface area contributed by atoms with E-state index in [2.05, 4.69) is 48.3 Å². The molecule has 0 radical (unpaired) electrons. The highest BCUT2D eigenvalue weighted by molar-refractivity contribution is 6.01. The van der Waals surface area contributed by atoms with E-state index in [0.717, 1.165) is 5.56 Å². The van der Waals surface area contributed by atoms with Gasteiger partial charge in [0.25, 0.3) is 17.4 Å². The fourth-order valence-electron chi connectivity index (χ4n) is 3.63. The maximum Gasteiger partial charge on any atom is 0.297 e. The minimum Gasteiger partial charge on any atom is -0.594 e. The van der Waals surface area contributed by atoms with E-state index in [9.17, 15) is 10.0 Å². The monoisotopic (exact) mass is 402 g/mol. The lowest BCUT2D eigenvalue weighted by Gasteiger charge is -2.10. The molecule has 0 spiro atoms. The van der Waals surface area contributed by atoms with Crippen molar-refractivity contribution in [1.82, 2.24) is 10.1 Å². The Morgan fingerprint density at radius 1 is 1.03 bits per heavy atom. The van der Waals surface area contributed by atoms with Crippen LogP contribution in [0, 0.1) is 32.9 Å². The second-order valence-electron chi connectivity index (χ2n) is 7.57. The number of aryl methyl sites for hydroxylation is 4. The molecule has 2 heterocycles. The molecule has 0 atom stereocenters. The zero-order valence-electron chi connectivity index (χ0n) is 17.3. The summed E-state index contributed by atoms with van der Waals surface area (Å²) in [4.78, 5) is 17.3. The minimum atomic E-state index is -0.509. The maximum absolute atomic E-state index is 12.6. The Labute approximate surface area is 174 Å². The van der Waals surface area contributed by atoms with Crippen molar-refractivity contribution in [3.8, 4) is 0 Å². The van der Waals surface area contributed by atoms with E-state index in [4.69, 9.17) is 4.42 Å². The van der Waals surface area contributed by atoms with Crippen LogP contribution >= 0.6 is 0 Å². The van der Waals surface area contributed by atoms with Crippen molar-refractivity contribution >= 4 is 22.9 Å². The lowest BCUT2D eigenvalue weighted by Crippen LogP contribution is -2.34. The first-order valence-corrected chi connectivity index (χ1v) is 9.65. The Hall–Kier alpha value is -3.74. The number of nitrogens with zero attached hydrogens (tertiary/aromatic N) is 3. The highest BCUT2D eigenvalue weighted by Gasteiger charge is 2.17. The van der Waals surface area contributed by atoms with Crippen molar-refractivity contribution in [3.05, 3.63) is 87.0 Å². The first-order chi connectivity index (χ1) is 14.3. The molecule has 4 aromatic rings. The van der Waals surface area contributed by atoms with Gasteiger partial charge in [0.05, 0.1) is 5.10 Å². The molecule has 2 aromatic heterocycles. The summed E-state index contributed by atoms with van der Waals surface area (Å²) in [7, 11) is 0. The van der Waals surface area contributed by atoms with E-state index in [1.807, 2.05) is 13.0 Å². The molecule has 1 N–H and O–H groups in total. The summed E-state index contributed by atoms with van der Waals surface area (Å²) in [6.07, 6.45) is 0.595. The van der Waals surface area contributed by atoms with Gasteiger partial charge in [-0.15, -0.1) is 0 Å². The largest absolute Gasteiger partial charge is 0.594 e. The van der Waals surface area contributed by atoms with E-state index in [-0.39, 0.29) is 11.7 Å². The lowest BCUT2D eigenvalue weighted by molar-refractivity contribution is -0.641. The average molecular weight is 402 g/mol. The van der Waals surface area contributed by atoms with Crippen LogP contribution in [0.15, 0.2) is 46.9 Å². The normalized spacial score (nSPS) is 11.1. The fraction of sp³-hybridized carbons (Fsp3) is 0.217. The highest BCUT2D eigenvalue weighted by atomic mass is 16.5. The molecule has 0 saturated carbocycles. The Morgan fingerprint density at radius 2 is 1.77 bits per heavy atom. The van der Waals surface area contributed by atoms with E-state index in [1.54, 1.807) is 24.3 Å². The molecule has 0 fully saturated rings. The third kappa shape index (κ3) is 3.87. The second kappa shape index (κ2) is 7.59. The molecule has 0 aliphatic carbocycles. The van der Waals surface area contributed by atoms with Crippen LogP contribution < -0.4 is 10.2 Å². The Kier molecular flexibility index (Phi) is 4.95. The number of aromatic nitrogens is 3. The van der Waals surface area contributed by atoms with Gasteiger partial charge in [0.2, 0.25) is 0 Å². The van der Waals surface area contributed by atoms with Gasteiger partial charge in [0.15, 0.2) is 5.76 Å². The Morgan fingerprint density at radius 3 is 2.50 bits per heavy atom. The second-order valence-corrected chi connectivity index (χ2v) is 7.57. The number of rotatable bonds is 4. The zero-order chi connectivity index (χ0) is 21.4. The summed E-state index contributed by atoms with van der Waals surface area (Å²) in [5, 5.41) is 18.5. The number of benzene rings is 2. The molecule has 0 unspecified atom stereocenters. The molecule has 2 aromatic carbocycles. The Balaban J connectivity index is 1.54. The summed E-state index contributed by atoms with van der Waals surface area (Å²) >= 11 is 0. The van der Waals surface area contributed by atoms with Crippen LogP contribution in [0.3, 0.4) is 0 Å². The fourth-order valence-corrected chi connectivity index (χ4v) is 3.63. The van der Waals surface area contributed by atoms with E-state index in [0.29, 0.717) is 28.1 Å². The highest BCUT2D eigenvalue weighted by Crippen LogP contribution is 2.21. The van der Waals surface area contributed by atoms with Gasteiger partial charge in [-0.05, 0) is 73.0 Å². The molecule has 7 heteroatoms. The van der Waals surface area contributed by atoms with Gasteiger partial charge >= 0.3 is 0 Å². The van der Waals surface area contributed by atoms with E-state index in [1.165, 1.54) is 22.3 Å². The molecular formula is C23H22N4O3. The topological polar surface area (TPSA) is 95.0 Å². The van der Waals surface area contributed by atoms with Crippen LogP contribution in [-0.4, -0.2) is 16.0 Å². The number of hydrogen-bond donors (Lipinski definition) is 1. The molecule has 152 valence electrons. The molecule has 30 heavy (non-hydrogen) atoms. The van der Waals surface area contributed by atoms with Gasteiger partial charge < -0.3 is 9.62 Å². The van der Waals surface area contributed by atoms with Crippen LogP contribution in [0.1, 0.15) is 44.1 Å². The number of carbonyl (C=O) groups is 1. The van der Waals surface area contributed by atoms with Gasteiger partial charge in [-0.3, -0.25) is 10.1 Å². The lowest BCUT2D eigenvalue weighted by atomic mass is 9.97.